The molecule has 0 aliphatic heterocycles. The summed E-state index contributed by atoms with van der Waals surface area (Å²) >= 11 is 18.1. The van der Waals surface area contributed by atoms with Gasteiger partial charge in [0.2, 0.25) is 0 Å². The van der Waals surface area contributed by atoms with E-state index in [-0.39, 0.29) is 0 Å². The first-order valence-corrected chi connectivity index (χ1v) is 6.57. The molecular formula is C15H8Cl3N. The van der Waals surface area contributed by atoms with Gasteiger partial charge in [-0.2, -0.15) is 5.26 Å². The lowest BCUT2D eigenvalue weighted by Crippen LogP contribution is -1.84. The molecule has 0 aliphatic carbocycles. The summed E-state index contributed by atoms with van der Waals surface area (Å²) in [5.74, 6) is 0. The van der Waals surface area contributed by atoms with Gasteiger partial charge in [-0.3, -0.25) is 0 Å². The second-order valence-corrected chi connectivity index (χ2v) is 5.07. The van der Waals surface area contributed by atoms with Crippen LogP contribution >= 0.6 is 34.8 Å². The number of hydrogen-bond donors (Lipinski definition) is 0. The molecular weight excluding hydrogens is 301 g/mol. The molecule has 0 N–H and O–H groups in total. The second-order valence-electron chi connectivity index (χ2n) is 3.82. The van der Waals surface area contributed by atoms with Gasteiger partial charge in [0.1, 0.15) is 0 Å². The van der Waals surface area contributed by atoms with Crippen LogP contribution < -0.4 is 0 Å². The topological polar surface area (TPSA) is 23.8 Å². The monoisotopic (exact) mass is 307 g/mol. The van der Waals surface area contributed by atoms with E-state index in [1.165, 1.54) is 0 Å². The zero-order valence-corrected chi connectivity index (χ0v) is 12.0. The highest BCUT2D eigenvalue weighted by atomic mass is 35.5. The maximum atomic E-state index is 9.27. The van der Waals surface area contributed by atoms with Crippen molar-refractivity contribution in [2.45, 2.75) is 0 Å². The summed E-state index contributed by atoms with van der Waals surface area (Å²) in [4.78, 5) is 0. The largest absolute Gasteiger partial charge is 0.192 e. The first-order valence-electron chi connectivity index (χ1n) is 5.43. The minimum Gasteiger partial charge on any atom is -0.192 e. The Kier molecular flexibility index (Phi) is 4.50. The van der Waals surface area contributed by atoms with Crippen LogP contribution in [-0.4, -0.2) is 0 Å². The van der Waals surface area contributed by atoms with Crippen molar-refractivity contribution < 1.29 is 0 Å². The Morgan fingerprint density at radius 1 is 1.00 bits per heavy atom. The fourth-order valence-corrected chi connectivity index (χ4v) is 2.33. The molecule has 0 bridgehead atoms. The fraction of sp³-hybridized carbons (Fsp3) is 0. The quantitative estimate of drug-likeness (QED) is 0.515. The van der Waals surface area contributed by atoms with Gasteiger partial charge in [0.25, 0.3) is 0 Å². The molecule has 0 unspecified atom stereocenters. The molecule has 0 aromatic heterocycles. The van der Waals surface area contributed by atoms with E-state index < -0.39 is 0 Å². The molecule has 19 heavy (non-hydrogen) atoms. The number of allylic oxidation sites excluding steroid dienone is 1. The number of benzene rings is 2. The van der Waals surface area contributed by atoms with Gasteiger partial charge in [-0.1, -0.05) is 53.0 Å². The molecule has 0 saturated carbocycles. The van der Waals surface area contributed by atoms with E-state index in [9.17, 15) is 5.26 Å². The van der Waals surface area contributed by atoms with Crippen LogP contribution in [0.3, 0.4) is 0 Å². The Balaban J connectivity index is 2.54. The van der Waals surface area contributed by atoms with E-state index in [0.717, 1.165) is 5.56 Å². The second kappa shape index (κ2) is 6.12. The summed E-state index contributed by atoms with van der Waals surface area (Å²) in [5, 5.41) is 10.8. The van der Waals surface area contributed by atoms with Gasteiger partial charge in [0.05, 0.1) is 11.6 Å². The van der Waals surface area contributed by atoms with E-state index in [2.05, 4.69) is 6.07 Å². The van der Waals surface area contributed by atoms with Crippen LogP contribution in [-0.2, 0) is 0 Å². The average molecular weight is 309 g/mol. The van der Waals surface area contributed by atoms with Crippen molar-refractivity contribution in [3.63, 3.8) is 0 Å². The van der Waals surface area contributed by atoms with E-state index in [1.807, 2.05) is 6.07 Å². The molecule has 2 rings (SSSR count). The number of nitrogens with zero attached hydrogens (tertiary/aromatic N) is 1. The summed E-state index contributed by atoms with van der Waals surface area (Å²) < 4.78 is 0. The van der Waals surface area contributed by atoms with Crippen LogP contribution in [0.1, 0.15) is 11.1 Å². The minimum atomic E-state index is 0.456. The zero-order valence-electron chi connectivity index (χ0n) is 9.70. The van der Waals surface area contributed by atoms with Gasteiger partial charge >= 0.3 is 0 Å². The highest BCUT2D eigenvalue weighted by Crippen LogP contribution is 2.29. The Morgan fingerprint density at radius 2 is 1.63 bits per heavy atom. The van der Waals surface area contributed by atoms with Gasteiger partial charge in [-0.25, -0.2) is 0 Å². The summed E-state index contributed by atoms with van der Waals surface area (Å²) in [7, 11) is 0. The Hall–Kier alpha value is -1.46. The van der Waals surface area contributed by atoms with Crippen molar-refractivity contribution in [3.8, 4) is 6.07 Å². The average Bonchev–Trinajstić information content (AvgIpc) is 2.38. The van der Waals surface area contributed by atoms with Crippen molar-refractivity contribution in [3.05, 3.63) is 68.7 Å². The lowest BCUT2D eigenvalue weighted by Gasteiger charge is -2.04. The maximum Gasteiger partial charge on any atom is 0.0998 e. The number of nitriles is 1. The third-order valence-corrected chi connectivity index (χ3v) is 3.44. The molecule has 1 nitrogen and oxygen atoms in total. The third kappa shape index (κ3) is 3.30. The number of hydrogen-bond acceptors (Lipinski definition) is 1. The summed E-state index contributed by atoms with van der Waals surface area (Å²) in [6.07, 6.45) is 1.66. The van der Waals surface area contributed by atoms with E-state index >= 15 is 0 Å². The maximum absolute atomic E-state index is 9.27. The van der Waals surface area contributed by atoms with Gasteiger partial charge < -0.3 is 0 Å². The van der Waals surface area contributed by atoms with Crippen LogP contribution in [0.5, 0.6) is 0 Å². The first-order chi connectivity index (χ1) is 9.11. The van der Waals surface area contributed by atoms with Crippen LogP contribution in [0, 0.1) is 11.3 Å². The molecule has 0 fully saturated rings. The van der Waals surface area contributed by atoms with Gasteiger partial charge in [0, 0.05) is 20.6 Å². The molecule has 2 aromatic rings. The predicted molar refractivity (Wildman–Crippen MR) is 81.4 cm³/mol. The molecule has 4 heteroatoms. The van der Waals surface area contributed by atoms with Crippen LogP contribution in [0.2, 0.25) is 15.1 Å². The number of halogens is 3. The van der Waals surface area contributed by atoms with Crippen molar-refractivity contribution >= 4 is 46.5 Å². The molecule has 0 radical (unpaired) electrons. The molecule has 0 spiro atoms. The molecule has 0 saturated heterocycles. The van der Waals surface area contributed by atoms with E-state index in [0.29, 0.717) is 26.2 Å². The summed E-state index contributed by atoms with van der Waals surface area (Å²) in [5.41, 5.74) is 1.81. The molecule has 2 aromatic carbocycles. The van der Waals surface area contributed by atoms with Gasteiger partial charge in [0.15, 0.2) is 0 Å². The standard InChI is InChI=1S/C15H8Cl3N/c16-12-4-1-3-10(7-12)11(9-19)8-13-14(17)5-2-6-15(13)18/h1-8H/b11-8+. The molecule has 0 amide bonds. The molecule has 94 valence electrons. The first kappa shape index (κ1) is 14.0. The van der Waals surface area contributed by atoms with Crippen LogP contribution in [0.25, 0.3) is 11.6 Å². The van der Waals surface area contributed by atoms with Crippen LogP contribution in [0.15, 0.2) is 42.5 Å². The van der Waals surface area contributed by atoms with Crippen molar-refractivity contribution in [2.24, 2.45) is 0 Å². The van der Waals surface area contributed by atoms with E-state index in [1.54, 1.807) is 42.5 Å². The highest BCUT2D eigenvalue weighted by Gasteiger charge is 2.07. The number of rotatable bonds is 2. The Labute approximate surface area is 126 Å². The smallest absolute Gasteiger partial charge is 0.0998 e. The fourth-order valence-electron chi connectivity index (χ4n) is 1.63. The minimum absolute atomic E-state index is 0.456. The lowest BCUT2D eigenvalue weighted by atomic mass is 10.0. The van der Waals surface area contributed by atoms with Crippen molar-refractivity contribution in [2.75, 3.05) is 0 Å². The Bertz CT molecular complexity index is 664. The van der Waals surface area contributed by atoms with Crippen molar-refractivity contribution in [1.82, 2.24) is 0 Å². The molecule has 0 atom stereocenters. The van der Waals surface area contributed by atoms with Gasteiger partial charge in [-0.05, 0) is 35.9 Å². The Morgan fingerprint density at radius 3 is 2.21 bits per heavy atom. The normalized spacial score (nSPS) is 11.2. The molecule has 0 heterocycles. The van der Waals surface area contributed by atoms with Crippen LogP contribution in [0.4, 0.5) is 0 Å². The third-order valence-electron chi connectivity index (χ3n) is 2.54. The van der Waals surface area contributed by atoms with Crippen molar-refractivity contribution in [1.29, 1.82) is 5.26 Å². The van der Waals surface area contributed by atoms with Gasteiger partial charge in [-0.15, -0.1) is 0 Å². The highest BCUT2D eigenvalue weighted by molar-refractivity contribution is 6.37. The summed E-state index contributed by atoms with van der Waals surface area (Å²) in [6.45, 7) is 0. The lowest BCUT2D eigenvalue weighted by molar-refractivity contribution is 1.52. The van der Waals surface area contributed by atoms with E-state index in [4.69, 9.17) is 34.8 Å². The molecule has 0 aliphatic rings. The SMILES string of the molecule is N#C/C(=C\c1c(Cl)cccc1Cl)c1cccc(Cl)c1. The summed E-state index contributed by atoms with van der Waals surface area (Å²) in [6, 6.07) is 14.4. The zero-order chi connectivity index (χ0) is 13.8. The predicted octanol–water partition coefficient (Wildman–Crippen LogP) is 5.71.